The van der Waals surface area contributed by atoms with Crippen LogP contribution in [0.1, 0.15) is 38.5 Å². The van der Waals surface area contributed by atoms with E-state index in [9.17, 15) is 29.1 Å². The molecule has 4 amide bonds. The van der Waals surface area contributed by atoms with Crippen molar-refractivity contribution in [1.82, 2.24) is 21.3 Å². The van der Waals surface area contributed by atoms with Crippen molar-refractivity contribution >= 4 is 48.2 Å². The van der Waals surface area contributed by atoms with Crippen LogP contribution in [0.4, 0.5) is 0 Å². The average molecular weight is 503 g/mol. The van der Waals surface area contributed by atoms with Gasteiger partial charge in [-0.05, 0) is 38.6 Å². The van der Waals surface area contributed by atoms with Crippen LogP contribution in [-0.4, -0.2) is 83.7 Å². The summed E-state index contributed by atoms with van der Waals surface area (Å²) < 4.78 is 0. The Morgan fingerprint density at radius 1 is 1.00 bits per heavy atom. The number of hydrogen-bond donors (Lipinski definition) is 9. The van der Waals surface area contributed by atoms with Gasteiger partial charge in [0, 0.05) is 18.7 Å². The lowest BCUT2D eigenvalue weighted by molar-refractivity contribution is -0.142. The van der Waals surface area contributed by atoms with E-state index < -0.39 is 53.8 Å². The molecule has 1 aliphatic heterocycles. The van der Waals surface area contributed by atoms with Gasteiger partial charge in [-0.3, -0.25) is 24.2 Å². The number of hydrogen-bond acceptors (Lipinski definition) is 8. The molecule has 4 unspecified atom stereocenters. The summed E-state index contributed by atoms with van der Waals surface area (Å²) >= 11 is 4.07. The predicted molar refractivity (Wildman–Crippen MR) is 127 cm³/mol. The summed E-state index contributed by atoms with van der Waals surface area (Å²) in [7, 11) is 0. The minimum atomic E-state index is -1.27. The number of amides is 4. The largest absolute Gasteiger partial charge is 0.480 e. The van der Waals surface area contributed by atoms with E-state index in [2.05, 4.69) is 38.9 Å². The summed E-state index contributed by atoms with van der Waals surface area (Å²) in [5.74, 6) is -4.08. The number of aliphatic imine (C=N–C) groups is 1. The van der Waals surface area contributed by atoms with Crippen LogP contribution in [0.3, 0.4) is 0 Å². The van der Waals surface area contributed by atoms with Crippen molar-refractivity contribution in [2.45, 2.75) is 62.7 Å². The number of aliphatic carboxylic acids is 1. The summed E-state index contributed by atoms with van der Waals surface area (Å²) in [6.45, 7) is 0.862. The molecular formula is C19H34N8O6S. The lowest BCUT2D eigenvalue weighted by Crippen LogP contribution is -2.57. The van der Waals surface area contributed by atoms with E-state index >= 15 is 0 Å². The molecule has 1 saturated heterocycles. The number of carbonyl (C=O) groups excluding carboxylic acids is 4. The van der Waals surface area contributed by atoms with Gasteiger partial charge < -0.3 is 43.6 Å². The molecule has 4 atom stereocenters. The Kier molecular flexibility index (Phi) is 12.7. The fourth-order valence-electron chi connectivity index (χ4n) is 3.24. The van der Waals surface area contributed by atoms with Gasteiger partial charge in [0.2, 0.25) is 23.6 Å². The van der Waals surface area contributed by atoms with E-state index in [1.807, 2.05) is 0 Å². The first-order valence-electron chi connectivity index (χ1n) is 10.9. The van der Waals surface area contributed by atoms with E-state index in [0.717, 1.165) is 6.42 Å². The third-order valence-electron chi connectivity index (χ3n) is 5.06. The van der Waals surface area contributed by atoms with E-state index in [1.165, 1.54) is 0 Å². The van der Waals surface area contributed by atoms with Crippen LogP contribution < -0.4 is 38.5 Å². The number of carbonyl (C=O) groups is 5. The molecule has 1 rings (SSSR count). The number of nitrogens with zero attached hydrogens (tertiary/aromatic N) is 1. The molecule has 11 N–H and O–H groups in total. The molecule has 0 bridgehead atoms. The molecule has 0 spiro atoms. The number of rotatable bonds is 15. The van der Waals surface area contributed by atoms with Crippen molar-refractivity contribution in [3.8, 4) is 0 Å². The monoisotopic (exact) mass is 502 g/mol. The fourth-order valence-corrected chi connectivity index (χ4v) is 3.49. The van der Waals surface area contributed by atoms with Crippen molar-refractivity contribution in [3.63, 3.8) is 0 Å². The van der Waals surface area contributed by atoms with E-state index in [1.54, 1.807) is 0 Å². The fraction of sp³-hybridized carbons (Fsp3) is 0.684. The van der Waals surface area contributed by atoms with Crippen molar-refractivity contribution in [2.24, 2.45) is 22.2 Å². The van der Waals surface area contributed by atoms with Crippen LogP contribution in [0.15, 0.2) is 4.99 Å². The summed E-state index contributed by atoms with van der Waals surface area (Å²) in [5, 5.41) is 19.8. The summed E-state index contributed by atoms with van der Waals surface area (Å²) in [5.41, 5.74) is 15.6. The van der Waals surface area contributed by atoms with Crippen molar-refractivity contribution in [2.75, 3.05) is 18.8 Å². The first-order valence-corrected chi connectivity index (χ1v) is 11.5. The molecule has 0 radical (unpaired) electrons. The molecule has 192 valence electrons. The molecule has 0 aromatic heterocycles. The third kappa shape index (κ3) is 10.7. The van der Waals surface area contributed by atoms with Gasteiger partial charge >= 0.3 is 5.97 Å². The number of carboxylic acids is 1. The van der Waals surface area contributed by atoms with Crippen LogP contribution >= 0.6 is 12.6 Å². The number of nitrogens with two attached hydrogens (primary N) is 3. The van der Waals surface area contributed by atoms with E-state index in [0.29, 0.717) is 19.4 Å². The number of primary amides is 1. The third-order valence-corrected chi connectivity index (χ3v) is 5.43. The molecule has 0 aromatic carbocycles. The molecule has 1 aliphatic rings. The second-order valence-electron chi connectivity index (χ2n) is 7.81. The Balaban J connectivity index is 2.76. The quantitative estimate of drug-likeness (QED) is 0.0466. The SMILES string of the molecule is NC(=O)CCC(NC(=O)C1CCCN1)C(=O)NC(CS)C(=O)NC(CCCN=C(N)N)C(=O)O. The number of guanidine groups is 1. The predicted octanol–water partition coefficient (Wildman–Crippen LogP) is -3.47. The summed E-state index contributed by atoms with van der Waals surface area (Å²) in [4.78, 5) is 64.3. The highest BCUT2D eigenvalue weighted by atomic mass is 32.1. The van der Waals surface area contributed by atoms with Gasteiger partial charge in [0.1, 0.15) is 18.1 Å². The highest BCUT2D eigenvalue weighted by Gasteiger charge is 2.31. The molecule has 14 nitrogen and oxygen atoms in total. The topological polar surface area (TPSA) is 244 Å². The van der Waals surface area contributed by atoms with Gasteiger partial charge in [0.05, 0.1) is 6.04 Å². The standard InChI is InChI=1S/C19H34N8O6S/c20-14(28)6-5-11(25-15(29)10-3-1-7-23-10)16(30)27-13(9-34)17(31)26-12(18(32)33)4-2-8-24-19(21)22/h10-13,23,34H,1-9H2,(H2,20,28)(H,25,29)(H,26,31)(H,27,30)(H,32,33)(H4,21,22,24). The normalized spacial score (nSPS) is 17.6. The second-order valence-corrected chi connectivity index (χ2v) is 8.17. The zero-order valence-electron chi connectivity index (χ0n) is 18.8. The van der Waals surface area contributed by atoms with E-state index in [4.69, 9.17) is 17.2 Å². The Labute approximate surface area is 202 Å². The maximum Gasteiger partial charge on any atom is 0.326 e. The van der Waals surface area contributed by atoms with Crippen LogP contribution in [0.25, 0.3) is 0 Å². The van der Waals surface area contributed by atoms with Crippen LogP contribution in [0.5, 0.6) is 0 Å². The van der Waals surface area contributed by atoms with Crippen LogP contribution in [0.2, 0.25) is 0 Å². The maximum atomic E-state index is 12.8. The highest BCUT2D eigenvalue weighted by molar-refractivity contribution is 7.80. The first-order chi connectivity index (χ1) is 16.0. The summed E-state index contributed by atoms with van der Waals surface area (Å²) in [6, 6.07) is -4.00. The van der Waals surface area contributed by atoms with Gasteiger partial charge in [0.15, 0.2) is 5.96 Å². The number of carboxylic acid groups (broad SMARTS) is 1. The Hall–Kier alpha value is -3.07. The second kappa shape index (κ2) is 15.0. The van der Waals surface area contributed by atoms with Gasteiger partial charge in [-0.1, -0.05) is 0 Å². The van der Waals surface area contributed by atoms with Crippen LogP contribution in [0, 0.1) is 0 Å². The first kappa shape index (κ1) is 29.0. The molecule has 1 fully saturated rings. The van der Waals surface area contributed by atoms with Crippen molar-refractivity contribution in [3.05, 3.63) is 0 Å². The Bertz CT molecular complexity index is 770. The number of nitrogens with one attached hydrogen (secondary N) is 4. The minimum absolute atomic E-state index is 0.0524. The number of thiol groups is 1. The molecule has 34 heavy (non-hydrogen) atoms. The molecule has 0 aliphatic carbocycles. The van der Waals surface area contributed by atoms with E-state index in [-0.39, 0.29) is 37.5 Å². The molecule has 1 heterocycles. The van der Waals surface area contributed by atoms with Crippen molar-refractivity contribution < 1.29 is 29.1 Å². The Morgan fingerprint density at radius 2 is 1.65 bits per heavy atom. The smallest absolute Gasteiger partial charge is 0.326 e. The lowest BCUT2D eigenvalue weighted by Gasteiger charge is -2.24. The zero-order chi connectivity index (χ0) is 25.7. The Morgan fingerprint density at radius 3 is 2.18 bits per heavy atom. The summed E-state index contributed by atoms with van der Waals surface area (Å²) in [6.07, 6.45) is 1.54. The van der Waals surface area contributed by atoms with Gasteiger partial charge in [0.25, 0.3) is 0 Å². The maximum absolute atomic E-state index is 12.8. The molecule has 0 saturated carbocycles. The average Bonchev–Trinajstić information content (AvgIpc) is 3.31. The van der Waals surface area contributed by atoms with Crippen molar-refractivity contribution in [1.29, 1.82) is 0 Å². The molecule has 0 aromatic rings. The van der Waals surface area contributed by atoms with Crippen LogP contribution in [-0.2, 0) is 24.0 Å². The van der Waals surface area contributed by atoms with Gasteiger partial charge in [-0.2, -0.15) is 12.6 Å². The molecule has 15 heteroatoms. The highest BCUT2D eigenvalue weighted by Crippen LogP contribution is 2.07. The lowest BCUT2D eigenvalue weighted by atomic mass is 10.1. The van der Waals surface area contributed by atoms with Gasteiger partial charge in [-0.15, -0.1) is 0 Å². The minimum Gasteiger partial charge on any atom is -0.480 e. The van der Waals surface area contributed by atoms with Gasteiger partial charge in [-0.25, -0.2) is 4.79 Å². The zero-order valence-corrected chi connectivity index (χ0v) is 19.7. The molecular weight excluding hydrogens is 468 g/mol.